The number of anilines is 2. The Labute approximate surface area is 526 Å². The summed E-state index contributed by atoms with van der Waals surface area (Å²) in [4.78, 5) is 94.2. The van der Waals surface area contributed by atoms with E-state index in [9.17, 15) is 68.9 Å². The summed E-state index contributed by atoms with van der Waals surface area (Å²) < 4.78 is 140. The average Bonchev–Trinajstić information content (AvgIpc) is 0.921. The van der Waals surface area contributed by atoms with Gasteiger partial charge in [-0.3, -0.25) is 27.8 Å². The molecule has 9 rings (SSSR count). The van der Waals surface area contributed by atoms with Gasteiger partial charge in [0.1, 0.15) is 53.6 Å². The molecule has 4 aliphatic heterocycles. The first-order valence-electron chi connectivity index (χ1n) is 28.2. The first-order valence-corrected chi connectivity index (χ1v) is 36.0. The number of nitrogens with one attached hydrogen (secondary N) is 2. The molecule has 1 fully saturated rings. The van der Waals surface area contributed by atoms with Gasteiger partial charge in [0.25, 0.3) is 26.1 Å². The van der Waals surface area contributed by atoms with Gasteiger partial charge in [0.15, 0.2) is 29.3 Å². The van der Waals surface area contributed by atoms with Crippen LogP contribution in [0.2, 0.25) is 0 Å². The molecule has 498 valence electrons. The standard InChI is InChI=1S/C54H67N10O23P3S2/c1-8-63-38-21-40-36(19-34(38)30(23-53(63,3)4)26-91(76,77)78)44(37-20-35-31(27-92(79,80)81)24-54(5,6)64(9-2)39(35)22-41(37)83-40)32-13-10-11-14-33(32)50(67)61(7)18-12-15-43(65)56-16-17-57-52(68)85-47-46(66)42(25-82-89(72,73)87-90(74,75)86-88(69,70)71)84-51(47)62-29-60-45-48(55)58-28-59-49(45)62/h10-11,13-14,19-24,28-29,42,46-47,51,66H,8-9,12,15-18,25-27H2,1-7H3,(H9-,55,56,57,58,59,65,68,69,70,71,72,73,74,75,76,77,78,79,80,81)/p+1/t42-,46-,47-,51-/m1/s1. The predicted molar refractivity (Wildman–Crippen MR) is 329 cm³/mol. The molecule has 2 aromatic heterocycles. The number of aliphatic hydroxyl groups excluding tert-OH is 1. The third kappa shape index (κ3) is 15.5. The lowest BCUT2D eigenvalue weighted by Crippen LogP contribution is -2.50. The molecule has 0 bridgehead atoms. The monoisotopic (exact) mass is 1380 g/mol. The number of nitrogens with zero attached hydrogens (tertiary/aromatic N) is 7. The van der Waals surface area contributed by atoms with Crippen molar-refractivity contribution in [3.8, 4) is 11.5 Å². The number of aromatic nitrogens is 4. The van der Waals surface area contributed by atoms with E-state index in [-0.39, 0.29) is 55.0 Å². The van der Waals surface area contributed by atoms with Gasteiger partial charge in [0.2, 0.25) is 11.3 Å². The van der Waals surface area contributed by atoms with Gasteiger partial charge in [0.05, 0.1) is 30.1 Å². The molecule has 6 atom stereocenters. The maximum absolute atomic E-state index is 14.8. The molecule has 3 amide bonds. The van der Waals surface area contributed by atoms with Crippen LogP contribution in [0.5, 0.6) is 11.5 Å². The van der Waals surface area contributed by atoms with Crippen LogP contribution >= 0.6 is 23.5 Å². The fourth-order valence-electron chi connectivity index (χ4n) is 11.8. The fourth-order valence-corrected chi connectivity index (χ4v) is 16.1. The van der Waals surface area contributed by atoms with Crippen molar-refractivity contribution >= 4 is 101 Å². The Morgan fingerprint density at radius 2 is 1.51 bits per heavy atom. The lowest BCUT2D eigenvalue weighted by atomic mass is 9.83. The summed E-state index contributed by atoms with van der Waals surface area (Å²) in [6, 6.07) is 13.9. The maximum Gasteiger partial charge on any atom is 0.490 e. The summed E-state index contributed by atoms with van der Waals surface area (Å²) in [7, 11) is -24.9. The SMILES string of the molecule is CCN1c2cc3c(cc2C(CS(=O)(=O)O)=CC1(C)C)C(c1ccccc1C(=O)N(C)CCCC(=O)NCCNC(=O)O[C@@H]1[C@H](O)[C@@H](COP(=O)(O)OP(=O)(O)OP(=O)(O)O)O[C@H]1n1cnc2c(N)ncnc21)=c1cc2c(cc1O3)=[N+](CC)C(C)(C)C=C2CS(=O)(=O)O. The third-order valence-electron chi connectivity index (χ3n) is 15.4. The molecule has 1 saturated heterocycles. The molecule has 0 spiro atoms. The first kappa shape index (κ1) is 69.5. The maximum atomic E-state index is 14.8. The van der Waals surface area contributed by atoms with Crippen molar-refractivity contribution < 1.29 is 106 Å². The number of likely N-dealkylation sites (N-methyl/N-ethyl adjacent to an activating group) is 2. The van der Waals surface area contributed by atoms with Crippen LogP contribution in [0.3, 0.4) is 0 Å². The number of aliphatic hydroxyl groups is 1. The van der Waals surface area contributed by atoms with Crippen molar-refractivity contribution in [1.82, 2.24) is 39.6 Å². The van der Waals surface area contributed by atoms with Gasteiger partial charge in [-0.25, -0.2) is 38.0 Å². The van der Waals surface area contributed by atoms with Crippen molar-refractivity contribution in [3.05, 3.63) is 112 Å². The normalized spacial score (nSPS) is 20.5. The zero-order chi connectivity index (χ0) is 67.4. The number of carbonyl (C=O) groups excluding carboxylic acids is 3. The Kier molecular flexibility index (Phi) is 19.7. The molecule has 2 unspecified atom stereocenters. The summed E-state index contributed by atoms with van der Waals surface area (Å²) in [5, 5.41) is 17.4. The minimum atomic E-state index is -5.92. The van der Waals surface area contributed by atoms with Crippen LogP contribution in [0, 0.1) is 0 Å². The molecule has 33 nitrogen and oxygen atoms in total. The van der Waals surface area contributed by atoms with E-state index in [1.54, 1.807) is 67.7 Å². The summed E-state index contributed by atoms with van der Waals surface area (Å²) in [6.07, 6.45) is -2.22. The second kappa shape index (κ2) is 26.1. The number of benzene rings is 3. The molecule has 5 aromatic rings. The third-order valence-corrected chi connectivity index (χ3v) is 20.6. The second-order valence-corrected chi connectivity index (χ2v) is 30.2. The number of rotatable bonds is 24. The van der Waals surface area contributed by atoms with Crippen molar-refractivity contribution in [3.63, 3.8) is 0 Å². The summed E-state index contributed by atoms with van der Waals surface area (Å²) in [6.45, 7) is 11.0. The Morgan fingerprint density at radius 3 is 2.17 bits per heavy atom. The van der Waals surface area contributed by atoms with E-state index in [1.807, 2.05) is 41.5 Å². The zero-order valence-electron chi connectivity index (χ0n) is 50.3. The van der Waals surface area contributed by atoms with Crippen LogP contribution in [-0.4, -0.2) is 180 Å². The van der Waals surface area contributed by atoms with Gasteiger partial charge in [-0.2, -0.15) is 25.5 Å². The smallest absolute Gasteiger partial charge is 0.456 e. The lowest BCUT2D eigenvalue weighted by molar-refractivity contribution is -0.121. The predicted octanol–water partition coefficient (Wildman–Crippen LogP) is 2.59. The number of alkyl carbamates (subject to hydrolysis) is 1. The number of phosphoric ester groups is 1. The Balaban J connectivity index is 0.912. The van der Waals surface area contributed by atoms with E-state index in [2.05, 4.69) is 48.2 Å². The minimum Gasteiger partial charge on any atom is -0.456 e. The van der Waals surface area contributed by atoms with Crippen molar-refractivity contribution in [2.45, 2.75) is 90.0 Å². The number of carbonyl (C=O) groups is 3. The molecule has 0 aliphatic carbocycles. The van der Waals surface area contributed by atoms with Crippen LogP contribution in [0.1, 0.15) is 93.2 Å². The van der Waals surface area contributed by atoms with Crippen molar-refractivity contribution in [1.29, 1.82) is 0 Å². The minimum absolute atomic E-state index is 0.0103. The molecule has 6 heterocycles. The van der Waals surface area contributed by atoms with E-state index in [0.717, 1.165) is 12.7 Å². The zero-order valence-corrected chi connectivity index (χ0v) is 54.7. The Bertz CT molecular complexity index is 4410. The fraction of sp³-hybridized carbons (Fsp3) is 0.426. The van der Waals surface area contributed by atoms with Crippen LogP contribution in [-0.2, 0) is 61.3 Å². The highest BCUT2D eigenvalue weighted by atomic mass is 32.2. The van der Waals surface area contributed by atoms with Gasteiger partial charge >= 0.3 is 29.6 Å². The Hall–Kier alpha value is -6.88. The van der Waals surface area contributed by atoms with Crippen LogP contribution in [0.15, 0.2) is 73.3 Å². The van der Waals surface area contributed by atoms with E-state index in [1.165, 1.54) is 9.47 Å². The van der Waals surface area contributed by atoms with Gasteiger partial charge in [-0.15, -0.1) is 0 Å². The number of phosphoric acid groups is 3. The van der Waals surface area contributed by atoms with E-state index >= 15 is 0 Å². The second-order valence-electron chi connectivity index (χ2n) is 22.8. The molecule has 0 radical (unpaired) electrons. The van der Waals surface area contributed by atoms with Crippen LogP contribution in [0.4, 0.5) is 16.3 Å². The summed E-state index contributed by atoms with van der Waals surface area (Å²) in [5.41, 5.74) is 8.22. The molecule has 11 N–H and O–H groups in total. The summed E-state index contributed by atoms with van der Waals surface area (Å²) in [5.74, 6) is -1.76. The molecular formula is C54H68N10O23P3S2+. The quantitative estimate of drug-likeness (QED) is 0.0180. The Morgan fingerprint density at radius 1 is 0.837 bits per heavy atom. The average molecular weight is 1380 g/mol. The van der Waals surface area contributed by atoms with E-state index in [4.69, 9.17) is 29.7 Å². The number of hydrogen-bond donors (Lipinski definition) is 10. The topological polar surface area (TPSA) is 471 Å². The van der Waals surface area contributed by atoms with Crippen LogP contribution in [0.25, 0.3) is 27.9 Å². The number of fused-ring (bicyclic) bond motifs is 5. The number of amides is 3. The highest BCUT2D eigenvalue weighted by Gasteiger charge is 2.50. The number of nitrogen functional groups attached to an aromatic ring is 1. The first-order chi connectivity index (χ1) is 42.8. The van der Waals surface area contributed by atoms with Gasteiger partial charge < -0.3 is 65.1 Å². The van der Waals surface area contributed by atoms with Gasteiger partial charge in [-0.05, 0) is 75.1 Å². The number of nitrogens with two attached hydrogens (primary N) is 1. The largest absolute Gasteiger partial charge is 0.490 e. The molecular weight excluding hydrogens is 1310 g/mol. The highest BCUT2D eigenvalue weighted by Crippen LogP contribution is 2.66. The van der Waals surface area contributed by atoms with Crippen molar-refractivity contribution in [2.75, 3.05) is 68.5 Å². The van der Waals surface area contributed by atoms with E-state index < -0.39 is 115 Å². The van der Waals surface area contributed by atoms with Gasteiger partial charge in [-0.1, -0.05) is 24.3 Å². The summed E-state index contributed by atoms with van der Waals surface area (Å²) >= 11 is 0. The number of imidazole rings is 1. The molecule has 38 heteroatoms. The number of hydrogen-bond acceptors (Lipinski definition) is 22. The highest BCUT2D eigenvalue weighted by molar-refractivity contribution is 7.86. The van der Waals surface area contributed by atoms with E-state index in [0.29, 0.717) is 79.8 Å². The lowest BCUT2D eigenvalue weighted by Gasteiger charge is -2.43. The van der Waals surface area contributed by atoms with Crippen LogP contribution < -0.4 is 41.2 Å². The number of ether oxygens (including phenoxy) is 3. The molecule has 4 aliphatic rings. The van der Waals surface area contributed by atoms with Gasteiger partial charge in [0, 0.05) is 92.7 Å². The molecule has 3 aromatic carbocycles. The molecule has 92 heavy (non-hydrogen) atoms. The van der Waals surface area contributed by atoms with Crippen molar-refractivity contribution in [2.24, 2.45) is 0 Å². The molecule has 0 saturated carbocycles.